The quantitative estimate of drug-likeness (QED) is 0.560. The SMILES string of the molecule is CCCO[Si](CC)(CC)OCC(C)CC. The first-order valence-corrected chi connectivity index (χ1v) is 8.65. The van der Waals surface area contributed by atoms with E-state index in [4.69, 9.17) is 8.85 Å². The van der Waals surface area contributed by atoms with E-state index in [1.807, 2.05) is 0 Å². The molecule has 2 nitrogen and oxygen atoms in total. The topological polar surface area (TPSA) is 18.5 Å². The Labute approximate surface area is 96.6 Å². The van der Waals surface area contributed by atoms with E-state index in [0.717, 1.165) is 31.7 Å². The fourth-order valence-electron chi connectivity index (χ4n) is 1.40. The van der Waals surface area contributed by atoms with Crippen molar-refractivity contribution in [3.05, 3.63) is 0 Å². The molecule has 0 spiro atoms. The fourth-order valence-corrected chi connectivity index (χ4v) is 3.96. The fraction of sp³-hybridized carbons (Fsp3) is 1.00. The molecule has 0 aromatic rings. The molecule has 0 aliphatic heterocycles. The molecule has 0 bridgehead atoms. The molecule has 0 saturated heterocycles. The molecule has 0 aliphatic carbocycles. The monoisotopic (exact) mass is 232 g/mol. The van der Waals surface area contributed by atoms with E-state index >= 15 is 0 Å². The molecule has 3 heteroatoms. The van der Waals surface area contributed by atoms with Crippen LogP contribution in [0.25, 0.3) is 0 Å². The van der Waals surface area contributed by atoms with Crippen molar-refractivity contribution >= 4 is 8.56 Å². The number of rotatable bonds is 9. The van der Waals surface area contributed by atoms with Gasteiger partial charge in [-0.05, 0) is 24.4 Å². The molecule has 0 aliphatic rings. The Balaban J connectivity index is 4.10. The predicted molar refractivity (Wildman–Crippen MR) is 68.4 cm³/mol. The van der Waals surface area contributed by atoms with Crippen LogP contribution in [0.1, 0.15) is 47.5 Å². The third kappa shape index (κ3) is 5.69. The third-order valence-electron chi connectivity index (χ3n) is 2.97. The highest BCUT2D eigenvalue weighted by molar-refractivity contribution is 6.67. The van der Waals surface area contributed by atoms with E-state index in [1.54, 1.807) is 0 Å². The summed E-state index contributed by atoms with van der Waals surface area (Å²) >= 11 is 0. The molecule has 0 N–H and O–H groups in total. The molecule has 0 heterocycles. The van der Waals surface area contributed by atoms with E-state index in [0.29, 0.717) is 5.92 Å². The second-order valence-electron chi connectivity index (χ2n) is 4.29. The highest BCUT2D eigenvalue weighted by Gasteiger charge is 2.33. The van der Waals surface area contributed by atoms with Gasteiger partial charge in [-0.2, -0.15) is 0 Å². The van der Waals surface area contributed by atoms with Crippen molar-refractivity contribution in [2.75, 3.05) is 13.2 Å². The predicted octanol–water partition coefficient (Wildman–Crippen LogP) is 3.96. The summed E-state index contributed by atoms with van der Waals surface area (Å²) in [5, 5.41) is 0. The smallest absolute Gasteiger partial charge is 0.337 e. The summed E-state index contributed by atoms with van der Waals surface area (Å²) < 4.78 is 12.1. The summed E-state index contributed by atoms with van der Waals surface area (Å²) in [6.45, 7) is 12.7. The van der Waals surface area contributed by atoms with E-state index in [-0.39, 0.29) is 0 Å². The number of hydrogen-bond donors (Lipinski definition) is 0. The zero-order valence-corrected chi connectivity index (χ0v) is 12.1. The molecule has 0 fully saturated rings. The van der Waals surface area contributed by atoms with E-state index in [1.165, 1.54) is 6.42 Å². The zero-order chi connectivity index (χ0) is 11.7. The van der Waals surface area contributed by atoms with Gasteiger partial charge in [0.2, 0.25) is 0 Å². The molecule has 1 atom stereocenters. The summed E-state index contributed by atoms with van der Waals surface area (Å²) in [6, 6.07) is 2.14. The van der Waals surface area contributed by atoms with Crippen LogP contribution in [-0.4, -0.2) is 21.8 Å². The maximum absolute atomic E-state index is 6.10. The van der Waals surface area contributed by atoms with Crippen LogP contribution in [0.3, 0.4) is 0 Å². The van der Waals surface area contributed by atoms with Gasteiger partial charge < -0.3 is 8.85 Å². The van der Waals surface area contributed by atoms with Gasteiger partial charge in [-0.15, -0.1) is 0 Å². The lowest BCUT2D eigenvalue weighted by atomic mass is 10.1. The summed E-state index contributed by atoms with van der Waals surface area (Å²) in [5.74, 6) is 0.653. The molecule has 92 valence electrons. The van der Waals surface area contributed by atoms with Crippen molar-refractivity contribution in [2.24, 2.45) is 5.92 Å². The number of hydrogen-bond acceptors (Lipinski definition) is 2. The van der Waals surface area contributed by atoms with Gasteiger partial charge in [0.1, 0.15) is 0 Å². The van der Waals surface area contributed by atoms with E-state index in [9.17, 15) is 0 Å². The first-order chi connectivity index (χ1) is 7.14. The zero-order valence-electron chi connectivity index (χ0n) is 11.1. The molecular formula is C12H28O2Si. The Morgan fingerprint density at radius 2 is 1.60 bits per heavy atom. The van der Waals surface area contributed by atoms with Gasteiger partial charge in [0, 0.05) is 13.2 Å². The first-order valence-electron chi connectivity index (χ1n) is 6.41. The molecule has 0 aromatic heterocycles. The minimum Gasteiger partial charge on any atom is -0.394 e. The van der Waals surface area contributed by atoms with Crippen molar-refractivity contribution in [1.29, 1.82) is 0 Å². The van der Waals surface area contributed by atoms with Crippen LogP contribution in [0, 0.1) is 5.92 Å². The average Bonchev–Trinajstić information content (AvgIpc) is 2.30. The van der Waals surface area contributed by atoms with E-state index < -0.39 is 8.56 Å². The lowest BCUT2D eigenvalue weighted by molar-refractivity contribution is 0.148. The summed E-state index contributed by atoms with van der Waals surface area (Å²) in [6.07, 6.45) is 2.27. The van der Waals surface area contributed by atoms with Crippen molar-refractivity contribution in [3.63, 3.8) is 0 Å². The van der Waals surface area contributed by atoms with Gasteiger partial charge in [0.15, 0.2) is 0 Å². The minimum atomic E-state index is -1.84. The maximum Gasteiger partial charge on any atom is 0.337 e. The van der Waals surface area contributed by atoms with Crippen molar-refractivity contribution in [2.45, 2.75) is 59.5 Å². The van der Waals surface area contributed by atoms with Crippen molar-refractivity contribution in [1.82, 2.24) is 0 Å². The summed E-state index contributed by atoms with van der Waals surface area (Å²) in [7, 11) is -1.84. The first kappa shape index (κ1) is 15.1. The Hall–Kier alpha value is 0.137. The highest BCUT2D eigenvalue weighted by atomic mass is 28.4. The molecule has 0 amide bonds. The molecule has 0 radical (unpaired) electrons. The van der Waals surface area contributed by atoms with Crippen LogP contribution in [-0.2, 0) is 8.85 Å². The van der Waals surface area contributed by atoms with Gasteiger partial charge in [0.25, 0.3) is 0 Å². The lowest BCUT2D eigenvalue weighted by Gasteiger charge is -2.29. The Bertz CT molecular complexity index is 147. The third-order valence-corrected chi connectivity index (χ3v) is 6.55. The molecule has 0 rings (SSSR count). The Morgan fingerprint density at radius 3 is 2.00 bits per heavy atom. The maximum atomic E-state index is 6.10. The van der Waals surface area contributed by atoms with Crippen LogP contribution in [0.15, 0.2) is 0 Å². The van der Waals surface area contributed by atoms with Gasteiger partial charge in [-0.1, -0.05) is 41.0 Å². The van der Waals surface area contributed by atoms with Crippen LogP contribution >= 0.6 is 0 Å². The summed E-state index contributed by atoms with van der Waals surface area (Å²) in [5.41, 5.74) is 0. The normalized spacial score (nSPS) is 14.2. The molecule has 0 aromatic carbocycles. The van der Waals surface area contributed by atoms with E-state index in [2.05, 4.69) is 34.6 Å². The minimum absolute atomic E-state index is 0.653. The van der Waals surface area contributed by atoms with Gasteiger partial charge in [-0.3, -0.25) is 0 Å². The van der Waals surface area contributed by atoms with Crippen LogP contribution in [0.5, 0.6) is 0 Å². The Kier molecular flexibility index (Phi) is 8.38. The van der Waals surface area contributed by atoms with Crippen molar-refractivity contribution < 1.29 is 8.85 Å². The molecule has 1 unspecified atom stereocenters. The van der Waals surface area contributed by atoms with Gasteiger partial charge >= 0.3 is 8.56 Å². The Morgan fingerprint density at radius 1 is 1.00 bits per heavy atom. The largest absolute Gasteiger partial charge is 0.394 e. The standard InChI is InChI=1S/C12H28O2Si/c1-6-10-13-15(8-3,9-4)14-11-12(5)7-2/h12H,6-11H2,1-5H3. The highest BCUT2D eigenvalue weighted by Crippen LogP contribution is 2.20. The van der Waals surface area contributed by atoms with Gasteiger partial charge in [-0.25, -0.2) is 0 Å². The second-order valence-corrected chi connectivity index (χ2v) is 8.10. The van der Waals surface area contributed by atoms with Crippen LogP contribution < -0.4 is 0 Å². The van der Waals surface area contributed by atoms with Gasteiger partial charge in [0.05, 0.1) is 0 Å². The average molecular weight is 232 g/mol. The summed E-state index contributed by atoms with van der Waals surface area (Å²) in [4.78, 5) is 0. The second kappa shape index (κ2) is 8.31. The molecule has 0 saturated carbocycles. The van der Waals surface area contributed by atoms with Crippen LogP contribution in [0.4, 0.5) is 0 Å². The molecule has 15 heavy (non-hydrogen) atoms. The molecular weight excluding hydrogens is 204 g/mol. The van der Waals surface area contributed by atoms with Crippen molar-refractivity contribution in [3.8, 4) is 0 Å². The lowest BCUT2D eigenvalue weighted by Crippen LogP contribution is -2.42. The van der Waals surface area contributed by atoms with Crippen LogP contribution in [0.2, 0.25) is 12.1 Å².